The fourth-order valence-electron chi connectivity index (χ4n) is 1.62. The van der Waals surface area contributed by atoms with Crippen LogP contribution in [0.4, 0.5) is 4.39 Å². The standard InChI is InChI=1S/C12H9BrFIN2O3/c1-2-8(12(18)20-15)19-11-6(13)5-7-10(9(11)14)17-4-3-16-7/h3-5,8H,2H2,1H3. The van der Waals surface area contributed by atoms with Crippen molar-refractivity contribution in [2.24, 2.45) is 0 Å². The maximum atomic E-state index is 14.4. The van der Waals surface area contributed by atoms with Crippen molar-refractivity contribution >= 4 is 55.9 Å². The average molecular weight is 455 g/mol. The van der Waals surface area contributed by atoms with E-state index >= 15 is 0 Å². The number of benzene rings is 1. The van der Waals surface area contributed by atoms with Crippen LogP contribution in [0.3, 0.4) is 0 Å². The molecule has 0 saturated heterocycles. The van der Waals surface area contributed by atoms with Crippen LogP contribution in [0.15, 0.2) is 22.9 Å². The van der Waals surface area contributed by atoms with Gasteiger partial charge in [-0.3, -0.25) is 4.98 Å². The zero-order valence-corrected chi connectivity index (χ0v) is 14.0. The van der Waals surface area contributed by atoms with Gasteiger partial charge in [0.1, 0.15) is 5.52 Å². The van der Waals surface area contributed by atoms with Crippen molar-refractivity contribution in [3.05, 3.63) is 28.7 Å². The molecular formula is C12H9BrFIN2O3. The van der Waals surface area contributed by atoms with E-state index < -0.39 is 17.9 Å². The number of carbonyl (C=O) groups is 1. The van der Waals surface area contributed by atoms with Crippen molar-refractivity contribution in [2.75, 3.05) is 0 Å². The molecule has 0 fully saturated rings. The largest absolute Gasteiger partial charge is 0.474 e. The molecule has 2 aromatic rings. The molecule has 5 nitrogen and oxygen atoms in total. The first kappa shape index (κ1) is 15.4. The number of hydrogen-bond donors (Lipinski definition) is 0. The summed E-state index contributed by atoms with van der Waals surface area (Å²) in [6, 6.07) is 1.59. The van der Waals surface area contributed by atoms with Gasteiger partial charge in [-0.05, 0) is 28.4 Å². The van der Waals surface area contributed by atoms with E-state index in [4.69, 9.17) is 4.74 Å². The second-order valence-electron chi connectivity index (χ2n) is 3.84. The van der Waals surface area contributed by atoms with Gasteiger partial charge in [-0.2, -0.15) is 0 Å². The van der Waals surface area contributed by atoms with E-state index in [0.717, 1.165) is 0 Å². The summed E-state index contributed by atoms with van der Waals surface area (Å²) >= 11 is 4.68. The molecule has 2 rings (SSSR count). The van der Waals surface area contributed by atoms with Crippen LogP contribution in [-0.4, -0.2) is 22.0 Å². The lowest BCUT2D eigenvalue weighted by Gasteiger charge is -2.16. The highest BCUT2D eigenvalue weighted by Crippen LogP contribution is 2.34. The van der Waals surface area contributed by atoms with Gasteiger partial charge in [0.2, 0.25) is 0 Å². The molecule has 0 amide bonds. The minimum atomic E-state index is -0.883. The highest BCUT2D eigenvalue weighted by molar-refractivity contribution is 14.1. The molecule has 1 aromatic carbocycles. The molecule has 0 aliphatic rings. The summed E-state index contributed by atoms with van der Waals surface area (Å²) in [5, 5.41) is 0. The maximum absolute atomic E-state index is 14.4. The molecule has 106 valence electrons. The van der Waals surface area contributed by atoms with Gasteiger partial charge in [-0.25, -0.2) is 14.2 Å². The molecule has 0 aliphatic heterocycles. The third kappa shape index (κ3) is 3.00. The molecule has 1 heterocycles. The van der Waals surface area contributed by atoms with E-state index in [1.54, 1.807) is 13.0 Å². The number of nitrogens with zero attached hydrogens (tertiary/aromatic N) is 2. The Morgan fingerprint density at radius 3 is 2.85 bits per heavy atom. The van der Waals surface area contributed by atoms with Crippen molar-refractivity contribution in [1.82, 2.24) is 9.97 Å². The molecule has 20 heavy (non-hydrogen) atoms. The Morgan fingerprint density at radius 2 is 2.20 bits per heavy atom. The number of hydrogen-bond acceptors (Lipinski definition) is 5. The lowest BCUT2D eigenvalue weighted by molar-refractivity contribution is -0.139. The van der Waals surface area contributed by atoms with E-state index in [9.17, 15) is 9.18 Å². The third-order valence-corrected chi connectivity index (χ3v) is 3.61. The molecule has 0 bridgehead atoms. The van der Waals surface area contributed by atoms with Crippen LogP contribution in [0.1, 0.15) is 13.3 Å². The van der Waals surface area contributed by atoms with Gasteiger partial charge in [0.15, 0.2) is 40.7 Å². The van der Waals surface area contributed by atoms with Crippen LogP contribution in [0.5, 0.6) is 5.75 Å². The Morgan fingerprint density at radius 1 is 1.50 bits per heavy atom. The molecule has 1 unspecified atom stereocenters. The zero-order chi connectivity index (χ0) is 14.7. The van der Waals surface area contributed by atoms with Gasteiger partial charge in [0.25, 0.3) is 0 Å². The van der Waals surface area contributed by atoms with Gasteiger partial charge in [0.05, 0.1) is 9.99 Å². The van der Waals surface area contributed by atoms with Gasteiger partial charge < -0.3 is 7.80 Å². The molecule has 1 aromatic heterocycles. The first-order chi connectivity index (χ1) is 9.58. The summed E-state index contributed by atoms with van der Waals surface area (Å²) in [6.07, 6.45) is 2.33. The van der Waals surface area contributed by atoms with Gasteiger partial charge in [0, 0.05) is 12.4 Å². The molecule has 0 radical (unpaired) electrons. The van der Waals surface area contributed by atoms with Crippen molar-refractivity contribution in [2.45, 2.75) is 19.4 Å². The fraction of sp³-hybridized carbons (Fsp3) is 0.250. The minimum Gasteiger partial charge on any atom is -0.474 e. The van der Waals surface area contributed by atoms with Crippen LogP contribution in [0.2, 0.25) is 0 Å². The van der Waals surface area contributed by atoms with Crippen molar-refractivity contribution in [3.8, 4) is 5.75 Å². The number of rotatable bonds is 4. The van der Waals surface area contributed by atoms with Crippen LogP contribution < -0.4 is 4.74 Å². The monoisotopic (exact) mass is 454 g/mol. The normalized spacial score (nSPS) is 12.2. The van der Waals surface area contributed by atoms with Crippen LogP contribution in [0.25, 0.3) is 11.0 Å². The zero-order valence-electron chi connectivity index (χ0n) is 10.3. The topological polar surface area (TPSA) is 61.3 Å². The molecule has 1 atom stereocenters. The Bertz CT molecular complexity index is 656. The predicted octanol–water partition coefficient (Wildman–Crippen LogP) is 3.58. The van der Waals surface area contributed by atoms with Crippen LogP contribution in [-0.2, 0) is 7.86 Å². The Balaban J connectivity index is 2.46. The van der Waals surface area contributed by atoms with E-state index in [2.05, 4.69) is 29.0 Å². The van der Waals surface area contributed by atoms with Gasteiger partial charge in [-0.1, -0.05) is 6.92 Å². The summed E-state index contributed by atoms with van der Waals surface area (Å²) in [7, 11) is 0. The lowest BCUT2D eigenvalue weighted by Crippen LogP contribution is -2.27. The first-order valence-electron chi connectivity index (χ1n) is 5.66. The molecule has 0 spiro atoms. The second-order valence-corrected chi connectivity index (χ2v) is 5.13. The molecule has 0 N–H and O–H groups in total. The number of carbonyl (C=O) groups excluding carboxylic acids is 1. The highest BCUT2D eigenvalue weighted by Gasteiger charge is 2.24. The minimum absolute atomic E-state index is 0.0772. The summed E-state index contributed by atoms with van der Waals surface area (Å²) in [5.74, 6) is -1.31. The van der Waals surface area contributed by atoms with Crippen molar-refractivity contribution < 1.29 is 17.0 Å². The molecular weight excluding hydrogens is 446 g/mol. The fourth-order valence-corrected chi connectivity index (χ4v) is 2.39. The number of ether oxygens (including phenoxy) is 1. The summed E-state index contributed by atoms with van der Waals surface area (Å²) in [5.41, 5.74) is 0.483. The SMILES string of the molecule is CCC(Oc1c(Br)cc2nccnc2c1F)C(=O)OI. The Labute approximate surface area is 136 Å². The smallest absolute Gasteiger partial charge is 0.356 e. The van der Waals surface area contributed by atoms with E-state index in [0.29, 0.717) is 16.4 Å². The third-order valence-electron chi connectivity index (χ3n) is 2.58. The predicted molar refractivity (Wildman–Crippen MR) is 82.0 cm³/mol. The van der Waals surface area contributed by atoms with Gasteiger partial charge in [-0.15, -0.1) is 0 Å². The lowest BCUT2D eigenvalue weighted by atomic mass is 10.2. The maximum Gasteiger partial charge on any atom is 0.356 e. The van der Waals surface area contributed by atoms with Crippen LogP contribution >= 0.6 is 38.9 Å². The molecule has 0 saturated carbocycles. The van der Waals surface area contributed by atoms with E-state index in [1.165, 1.54) is 35.4 Å². The van der Waals surface area contributed by atoms with E-state index in [1.807, 2.05) is 0 Å². The van der Waals surface area contributed by atoms with Crippen molar-refractivity contribution in [1.29, 1.82) is 0 Å². The summed E-state index contributed by atoms with van der Waals surface area (Å²) in [4.78, 5) is 19.5. The van der Waals surface area contributed by atoms with Crippen molar-refractivity contribution in [3.63, 3.8) is 0 Å². The summed E-state index contributed by atoms with van der Waals surface area (Å²) in [6.45, 7) is 1.74. The number of fused-ring (bicyclic) bond motifs is 1. The van der Waals surface area contributed by atoms with E-state index in [-0.39, 0.29) is 11.3 Å². The quantitative estimate of drug-likeness (QED) is 0.661. The number of aromatic nitrogens is 2. The van der Waals surface area contributed by atoms with Crippen LogP contribution in [0, 0.1) is 5.82 Å². The average Bonchev–Trinajstić information content (AvgIpc) is 2.46. The second kappa shape index (κ2) is 6.61. The van der Waals surface area contributed by atoms with Gasteiger partial charge >= 0.3 is 5.97 Å². The molecule has 0 aliphatic carbocycles. The Kier molecular flexibility index (Phi) is 5.08. The first-order valence-corrected chi connectivity index (χ1v) is 7.33. The Hall–Kier alpha value is -1.03. The number of halogens is 3. The molecule has 8 heteroatoms. The summed E-state index contributed by atoms with van der Waals surface area (Å²) < 4.78 is 24.7. The highest BCUT2D eigenvalue weighted by atomic mass is 127.